The highest BCUT2D eigenvalue weighted by Crippen LogP contribution is 2.22. The van der Waals surface area contributed by atoms with E-state index in [0.717, 1.165) is 0 Å². The number of hydrazine groups is 1. The average molecular weight is 359 g/mol. The van der Waals surface area contributed by atoms with Gasteiger partial charge >= 0.3 is 5.91 Å². The minimum absolute atomic E-state index is 0.0179. The molecule has 126 valence electrons. The van der Waals surface area contributed by atoms with E-state index in [-0.39, 0.29) is 5.76 Å². The fourth-order valence-electron chi connectivity index (χ4n) is 2.11. The first-order valence-electron chi connectivity index (χ1n) is 7.25. The first-order chi connectivity index (χ1) is 12.0. The normalized spacial score (nSPS) is 10.3. The van der Waals surface area contributed by atoms with Crippen molar-refractivity contribution in [3.8, 4) is 11.3 Å². The van der Waals surface area contributed by atoms with Crippen molar-refractivity contribution in [2.75, 3.05) is 0 Å². The van der Waals surface area contributed by atoms with Crippen molar-refractivity contribution in [2.45, 2.75) is 0 Å². The van der Waals surface area contributed by atoms with Crippen molar-refractivity contribution < 1.29 is 18.4 Å². The van der Waals surface area contributed by atoms with Gasteiger partial charge in [0.15, 0.2) is 5.76 Å². The molecule has 0 atom stereocenters. The van der Waals surface area contributed by atoms with Crippen molar-refractivity contribution >= 4 is 23.4 Å². The first-order valence-corrected chi connectivity index (χ1v) is 7.63. The largest absolute Gasteiger partial charge is 0.451 e. The molecule has 0 aliphatic carbocycles. The third-order valence-corrected chi connectivity index (χ3v) is 3.59. The second-order valence-electron chi connectivity index (χ2n) is 5.09. The smallest absolute Gasteiger partial charge is 0.305 e. The Hall–Kier alpha value is -3.12. The third-order valence-electron chi connectivity index (χ3n) is 3.33. The Morgan fingerprint density at radius 3 is 2.36 bits per heavy atom. The number of halogens is 2. The van der Waals surface area contributed by atoms with E-state index in [4.69, 9.17) is 16.0 Å². The Morgan fingerprint density at radius 2 is 1.64 bits per heavy atom. The Balaban J connectivity index is 1.64. The number of hydrogen-bond acceptors (Lipinski definition) is 3. The molecule has 2 N–H and O–H groups in total. The van der Waals surface area contributed by atoms with Gasteiger partial charge in [-0.2, -0.15) is 0 Å². The standard InChI is InChI=1S/C18H12ClFN2O3/c19-13-6-4-11(5-7-13)17(23)21-22-18(24)16-9-8-15(25-16)12-2-1-3-14(20)10-12/h1-10H,(H,21,23)(H,22,24). The molecule has 0 radical (unpaired) electrons. The van der Waals surface area contributed by atoms with Crippen LogP contribution < -0.4 is 10.9 Å². The summed E-state index contributed by atoms with van der Waals surface area (Å²) in [7, 11) is 0. The molecule has 0 bridgehead atoms. The van der Waals surface area contributed by atoms with Crippen molar-refractivity contribution in [3.05, 3.63) is 82.8 Å². The zero-order valence-corrected chi connectivity index (χ0v) is 13.5. The zero-order valence-electron chi connectivity index (χ0n) is 12.8. The molecule has 0 aliphatic heterocycles. The van der Waals surface area contributed by atoms with Crippen LogP contribution in [-0.4, -0.2) is 11.8 Å². The van der Waals surface area contributed by atoms with Gasteiger partial charge in [0.1, 0.15) is 11.6 Å². The lowest BCUT2D eigenvalue weighted by Crippen LogP contribution is -2.41. The predicted octanol–water partition coefficient (Wildman–Crippen LogP) is 3.81. The molecule has 25 heavy (non-hydrogen) atoms. The maximum atomic E-state index is 13.2. The van der Waals surface area contributed by atoms with Gasteiger partial charge in [0.05, 0.1) is 0 Å². The Kier molecular flexibility index (Phi) is 4.81. The summed E-state index contributed by atoms with van der Waals surface area (Å²) in [4.78, 5) is 23.9. The molecule has 0 spiro atoms. The van der Waals surface area contributed by atoms with E-state index in [1.807, 2.05) is 0 Å². The zero-order chi connectivity index (χ0) is 17.8. The summed E-state index contributed by atoms with van der Waals surface area (Å²) in [6.45, 7) is 0. The summed E-state index contributed by atoms with van der Waals surface area (Å²) < 4.78 is 18.6. The van der Waals surface area contributed by atoms with E-state index in [0.29, 0.717) is 21.9 Å². The van der Waals surface area contributed by atoms with Gasteiger partial charge in [-0.25, -0.2) is 4.39 Å². The molecule has 7 heteroatoms. The van der Waals surface area contributed by atoms with Gasteiger partial charge in [-0.15, -0.1) is 0 Å². The summed E-state index contributed by atoms with van der Waals surface area (Å²) >= 11 is 5.75. The molecule has 0 unspecified atom stereocenters. The van der Waals surface area contributed by atoms with Gasteiger partial charge in [0, 0.05) is 16.1 Å². The minimum atomic E-state index is -0.634. The topological polar surface area (TPSA) is 71.3 Å². The van der Waals surface area contributed by atoms with E-state index >= 15 is 0 Å². The van der Waals surface area contributed by atoms with E-state index in [2.05, 4.69) is 10.9 Å². The minimum Gasteiger partial charge on any atom is -0.451 e. The summed E-state index contributed by atoms with van der Waals surface area (Å²) in [5.74, 6) is -1.22. The van der Waals surface area contributed by atoms with E-state index < -0.39 is 17.6 Å². The van der Waals surface area contributed by atoms with E-state index in [1.54, 1.807) is 30.3 Å². The van der Waals surface area contributed by atoms with Crippen LogP contribution in [0.25, 0.3) is 11.3 Å². The van der Waals surface area contributed by atoms with Gasteiger partial charge in [0.2, 0.25) is 0 Å². The number of nitrogens with one attached hydrogen (secondary N) is 2. The number of furan rings is 1. The summed E-state index contributed by atoms with van der Waals surface area (Å²) in [5.41, 5.74) is 5.36. The lowest BCUT2D eigenvalue weighted by atomic mass is 10.2. The van der Waals surface area contributed by atoms with Crippen LogP contribution in [0.1, 0.15) is 20.9 Å². The highest BCUT2D eigenvalue weighted by atomic mass is 35.5. The molecular weight excluding hydrogens is 347 g/mol. The highest BCUT2D eigenvalue weighted by Gasteiger charge is 2.14. The molecule has 3 aromatic rings. The van der Waals surface area contributed by atoms with Crippen LogP contribution in [0, 0.1) is 5.82 Å². The van der Waals surface area contributed by atoms with Gasteiger partial charge in [-0.05, 0) is 48.5 Å². The summed E-state index contributed by atoms with van der Waals surface area (Å²) in [5, 5.41) is 0.501. The third kappa shape index (κ3) is 4.05. The van der Waals surface area contributed by atoms with Crippen LogP contribution in [0.3, 0.4) is 0 Å². The SMILES string of the molecule is O=C(NNC(=O)c1ccc(-c2cccc(F)c2)o1)c1ccc(Cl)cc1. The predicted molar refractivity (Wildman–Crippen MR) is 90.5 cm³/mol. The summed E-state index contributed by atoms with van der Waals surface area (Å²) in [6.07, 6.45) is 0. The number of rotatable bonds is 3. The molecule has 3 rings (SSSR count). The second kappa shape index (κ2) is 7.19. The molecule has 0 fully saturated rings. The molecular formula is C18H12ClFN2O3. The number of carbonyl (C=O) groups excluding carboxylic acids is 2. The average Bonchev–Trinajstić information content (AvgIpc) is 3.10. The Bertz CT molecular complexity index is 922. The maximum absolute atomic E-state index is 13.2. The number of hydrogen-bond donors (Lipinski definition) is 2. The van der Waals surface area contributed by atoms with E-state index in [1.165, 1.54) is 30.3 Å². The Morgan fingerprint density at radius 1 is 0.920 bits per heavy atom. The van der Waals surface area contributed by atoms with Crippen LogP contribution in [-0.2, 0) is 0 Å². The monoisotopic (exact) mass is 358 g/mol. The molecule has 0 saturated carbocycles. The molecule has 0 aliphatic rings. The quantitative estimate of drug-likeness (QED) is 0.699. The van der Waals surface area contributed by atoms with Gasteiger partial charge < -0.3 is 4.42 Å². The number of carbonyl (C=O) groups is 2. The molecule has 5 nitrogen and oxygen atoms in total. The van der Waals surface area contributed by atoms with Gasteiger partial charge in [-0.1, -0.05) is 23.7 Å². The van der Waals surface area contributed by atoms with Crippen molar-refractivity contribution in [1.29, 1.82) is 0 Å². The van der Waals surface area contributed by atoms with Gasteiger partial charge in [0.25, 0.3) is 5.91 Å². The van der Waals surface area contributed by atoms with E-state index in [9.17, 15) is 14.0 Å². The van der Waals surface area contributed by atoms with Crippen molar-refractivity contribution in [1.82, 2.24) is 10.9 Å². The molecule has 2 aromatic carbocycles. The first kappa shape index (κ1) is 16.7. The number of amides is 2. The highest BCUT2D eigenvalue weighted by molar-refractivity contribution is 6.30. The van der Waals surface area contributed by atoms with Crippen LogP contribution in [0.4, 0.5) is 4.39 Å². The lowest BCUT2D eigenvalue weighted by molar-refractivity contribution is 0.0831. The van der Waals surface area contributed by atoms with Crippen LogP contribution in [0.5, 0.6) is 0 Å². The van der Waals surface area contributed by atoms with Crippen molar-refractivity contribution in [2.24, 2.45) is 0 Å². The fourth-order valence-corrected chi connectivity index (χ4v) is 2.23. The molecule has 2 amide bonds. The van der Waals surface area contributed by atoms with Crippen LogP contribution in [0.15, 0.2) is 65.1 Å². The van der Waals surface area contributed by atoms with Crippen LogP contribution in [0.2, 0.25) is 5.02 Å². The van der Waals surface area contributed by atoms with Crippen molar-refractivity contribution in [3.63, 3.8) is 0 Å². The number of benzene rings is 2. The maximum Gasteiger partial charge on any atom is 0.305 e. The Labute approximate surface area is 147 Å². The molecule has 1 heterocycles. The second-order valence-corrected chi connectivity index (χ2v) is 5.53. The fraction of sp³-hybridized carbons (Fsp3) is 0. The summed E-state index contributed by atoms with van der Waals surface area (Å²) in [6, 6.07) is 15.0. The van der Waals surface area contributed by atoms with Crippen LogP contribution >= 0.6 is 11.6 Å². The molecule has 0 saturated heterocycles. The lowest BCUT2D eigenvalue weighted by Gasteiger charge is -2.06. The molecule has 1 aromatic heterocycles. The van der Waals surface area contributed by atoms with Gasteiger partial charge in [-0.3, -0.25) is 20.4 Å².